The van der Waals surface area contributed by atoms with Crippen LogP contribution in [0.25, 0.3) is 21.6 Å². The van der Waals surface area contributed by atoms with Gasteiger partial charge in [-0.05, 0) is 30.9 Å². The fraction of sp³-hybridized carbons (Fsp3) is 0.278. The molecule has 0 bridgehead atoms. The molecule has 4 nitrogen and oxygen atoms in total. The number of carbonyl (C=O) groups excluding carboxylic acids is 1. The Balaban J connectivity index is 1.95. The molecular formula is C18H19N3OS2. The van der Waals surface area contributed by atoms with Crippen LogP contribution in [0.15, 0.2) is 46.8 Å². The van der Waals surface area contributed by atoms with E-state index in [1.807, 2.05) is 55.6 Å². The van der Waals surface area contributed by atoms with E-state index in [0.717, 1.165) is 27.2 Å². The standard InChI is InChI=1S/C18H19N3OS2/c1-3-10-19-17(22)12(2)24-18-13-7-4-5-8-14(13)20-16(21-18)15-9-6-11-23-15/h4-9,11-12H,3,10H2,1-2H3,(H,19,22). The van der Waals surface area contributed by atoms with Gasteiger partial charge in [-0.25, -0.2) is 9.97 Å². The number of aromatic nitrogens is 2. The number of carbonyl (C=O) groups is 1. The van der Waals surface area contributed by atoms with Gasteiger partial charge < -0.3 is 5.32 Å². The van der Waals surface area contributed by atoms with Crippen LogP contribution in [0.2, 0.25) is 0 Å². The highest BCUT2D eigenvalue weighted by Crippen LogP contribution is 2.32. The van der Waals surface area contributed by atoms with E-state index in [1.165, 1.54) is 11.8 Å². The first-order valence-corrected chi connectivity index (χ1v) is 9.70. The summed E-state index contributed by atoms with van der Waals surface area (Å²) in [5.41, 5.74) is 0.902. The minimum Gasteiger partial charge on any atom is -0.355 e. The normalized spacial score (nSPS) is 12.2. The SMILES string of the molecule is CCCNC(=O)C(C)Sc1nc(-c2cccs2)nc2ccccc12. The first kappa shape index (κ1) is 16.9. The van der Waals surface area contributed by atoms with Crippen molar-refractivity contribution in [2.24, 2.45) is 0 Å². The van der Waals surface area contributed by atoms with E-state index >= 15 is 0 Å². The third kappa shape index (κ3) is 3.76. The molecule has 0 aliphatic heterocycles. The summed E-state index contributed by atoms with van der Waals surface area (Å²) < 4.78 is 0. The highest BCUT2D eigenvalue weighted by molar-refractivity contribution is 8.00. The van der Waals surface area contributed by atoms with Gasteiger partial charge in [0.2, 0.25) is 5.91 Å². The molecule has 1 amide bonds. The molecule has 0 saturated carbocycles. The Kier molecular flexibility index (Phi) is 5.48. The molecule has 0 fully saturated rings. The summed E-state index contributed by atoms with van der Waals surface area (Å²) in [5.74, 6) is 0.759. The number of nitrogens with zero attached hydrogens (tertiary/aromatic N) is 2. The lowest BCUT2D eigenvalue weighted by atomic mass is 10.2. The predicted octanol–water partition coefficient (Wildman–Crippen LogP) is 4.37. The van der Waals surface area contributed by atoms with Crippen molar-refractivity contribution >= 4 is 39.9 Å². The number of hydrogen-bond acceptors (Lipinski definition) is 5. The number of benzene rings is 1. The second-order valence-electron chi connectivity index (χ2n) is 5.40. The maximum absolute atomic E-state index is 12.2. The summed E-state index contributed by atoms with van der Waals surface area (Å²) in [7, 11) is 0. The van der Waals surface area contributed by atoms with E-state index in [9.17, 15) is 4.79 Å². The van der Waals surface area contributed by atoms with E-state index in [2.05, 4.69) is 10.3 Å². The largest absolute Gasteiger partial charge is 0.355 e. The molecule has 0 spiro atoms. The van der Waals surface area contributed by atoms with Crippen LogP contribution in [0, 0.1) is 0 Å². The highest BCUT2D eigenvalue weighted by atomic mass is 32.2. The van der Waals surface area contributed by atoms with Crippen LogP contribution >= 0.6 is 23.1 Å². The zero-order chi connectivity index (χ0) is 16.9. The number of nitrogens with one attached hydrogen (secondary N) is 1. The Bertz CT molecular complexity index is 833. The summed E-state index contributed by atoms with van der Waals surface area (Å²) in [6.45, 7) is 4.66. The molecular weight excluding hydrogens is 338 g/mol. The van der Waals surface area contributed by atoms with E-state index in [0.29, 0.717) is 12.4 Å². The maximum atomic E-state index is 12.2. The fourth-order valence-electron chi connectivity index (χ4n) is 2.27. The van der Waals surface area contributed by atoms with Crippen LogP contribution in [-0.4, -0.2) is 27.7 Å². The van der Waals surface area contributed by atoms with E-state index < -0.39 is 0 Å². The molecule has 1 aromatic carbocycles. The Morgan fingerprint density at radius 2 is 2.08 bits per heavy atom. The van der Waals surface area contributed by atoms with Gasteiger partial charge in [0.05, 0.1) is 15.6 Å². The van der Waals surface area contributed by atoms with Crippen molar-refractivity contribution in [3.63, 3.8) is 0 Å². The first-order valence-electron chi connectivity index (χ1n) is 7.94. The molecule has 0 aliphatic carbocycles. The predicted molar refractivity (Wildman–Crippen MR) is 101 cm³/mol. The summed E-state index contributed by atoms with van der Waals surface area (Å²) in [6, 6.07) is 11.9. The van der Waals surface area contributed by atoms with Gasteiger partial charge in [-0.1, -0.05) is 43.0 Å². The van der Waals surface area contributed by atoms with Gasteiger partial charge in [0.25, 0.3) is 0 Å². The summed E-state index contributed by atoms with van der Waals surface area (Å²) in [6.07, 6.45) is 0.933. The second-order valence-corrected chi connectivity index (χ2v) is 7.68. The lowest BCUT2D eigenvalue weighted by Gasteiger charge is -2.13. The smallest absolute Gasteiger partial charge is 0.233 e. The number of amides is 1. The van der Waals surface area contributed by atoms with Crippen LogP contribution in [0.4, 0.5) is 0 Å². The molecule has 3 rings (SSSR count). The average molecular weight is 358 g/mol. The quantitative estimate of drug-likeness (QED) is 0.526. The van der Waals surface area contributed by atoms with Gasteiger partial charge in [-0.15, -0.1) is 11.3 Å². The van der Waals surface area contributed by atoms with Gasteiger partial charge in [0, 0.05) is 11.9 Å². The van der Waals surface area contributed by atoms with Crippen LogP contribution in [0.5, 0.6) is 0 Å². The minimum atomic E-state index is -0.203. The van der Waals surface area contributed by atoms with Crippen molar-refractivity contribution in [1.82, 2.24) is 15.3 Å². The van der Waals surface area contributed by atoms with Gasteiger partial charge >= 0.3 is 0 Å². The van der Waals surface area contributed by atoms with Crippen molar-refractivity contribution in [3.05, 3.63) is 41.8 Å². The molecule has 1 atom stereocenters. The van der Waals surface area contributed by atoms with Crippen LogP contribution in [0.1, 0.15) is 20.3 Å². The topological polar surface area (TPSA) is 54.9 Å². The number of thiophene rings is 1. The third-order valence-corrected chi connectivity index (χ3v) is 5.48. The van der Waals surface area contributed by atoms with Gasteiger partial charge in [-0.2, -0.15) is 0 Å². The molecule has 1 unspecified atom stereocenters. The Labute approximate surface area is 149 Å². The molecule has 6 heteroatoms. The fourth-order valence-corrected chi connectivity index (χ4v) is 3.89. The highest BCUT2D eigenvalue weighted by Gasteiger charge is 2.18. The monoisotopic (exact) mass is 357 g/mol. The number of rotatable bonds is 6. The van der Waals surface area contributed by atoms with E-state index in [-0.39, 0.29) is 11.2 Å². The lowest BCUT2D eigenvalue weighted by molar-refractivity contribution is -0.120. The molecule has 0 aliphatic rings. The van der Waals surface area contributed by atoms with Crippen LogP contribution < -0.4 is 5.32 Å². The number of hydrogen-bond donors (Lipinski definition) is 1. The van der Waals surface area contributed by atoms with Crippen molar-refractivity contribution in [2.45, 2.75) is 30.5 Å². The number of para-hydroxylation sites is 1. The maximum Gasteiger partial charge on any atom is 0.233 e. The number of fused-ring (bicyclic) bond motifs is 1. The molecule has 1 N–H and O–H groups in total. The zero-order valence-corrected chi connectivity index (χ0v) is 15.3. The minimum absolute atomic E-state index is 0.0437. The molecule has 3 aromatic rings. The second kappa shape index (κ2) is 7.77. The molecule has 0 saturated heterocycles. The number of thioether (sulfide) groups is 1. The lowest BCUT2D eigenvalue weighted by Crippen LogP contribution is -2.31. The zero-order valence-electron chi connectivity index (χ0n) is 13.7. The van der Waals surface area contributed by atoms with Crippen LogP contribution in [0.3, 0.4) is 0 Å². The van der Waals surface area contributed by atoms with Crippen molar-refractivity contribution < 1.29 is 4.79 Å². The Morgan fingerprint density at radius 3 is 2.83 bits per heavy atom. The first-order chi connectivity index (χ1) is 11.7. The third-order valence-electron chi connectivity index (χ3n) is 3.52. The van der Waals surface area contributed by atoms with E-state index in [4.69, 9.17) is 4.98 Å². The molecule has 0 radical (unpaired) electrons. The summed E-state index contributed by atoms with van der Waals surface area (Å²) in [5, 5.41) is 6.59. The summed E-state index contributed by atoms with van der Waals surface area (Å²) >= 11 is 3.10. The van der Waals surface area contributed by atoms with Crippen molar-refractivity contribution in [3.8, 4) is 10.7 Å². The molecule has 124 valence electrons. The molecule has 2 heterocycles. The van der Waals surface area contributed by atoms with Crippen LogP contribution in [-0.2, 0) is 4.79 Å². The Morgan fingerprint density at radius 1 is 1.25 bits per heavy atom. The van der Waals surface area contributed by atoms with Crippen molar-refractivity contribution in [1.29, 1.82) is 0 Å². The van der Waals surface area contributed by atoms with E-state index in [1.54, 1.807) is 11.3 Å². The Hall–Kier alpha value is -1.92. The van der Waals surface area contributed by atoms with Crippen molar-refractivity contribution in [2.75, 3.05) is 6.54 Å². The average Bonchev–Trinajstić information content (AvgIpc) is 3.14. The van der Waals surface area contributed by atoms with Gasteiger partial charge in [-0.3, -0.25) is 4.79 Å². The summed E-state index contributed by atoms with van der Waals surface area (Å²) in [4.78, 5) is 22.6. The van der Waals surface area contributed by atoms with Gasteiger partial charge in [0.1, 0.15) is 5.03 Å². The van der Waals surface area contributed by atoms with Gasteiger partial charge in [0.15, 0.2) is 5.82 Å². The molecule has 2 aromatic heterocycles. The molecule has 24 heavy (non-hydrogen) atoms.